The fourth-order valence-electron chi connectivity index (χ4n) is 2.28. The molecule has 21 heavy (non-hydrogen) atoms. The van der Waals surface area contributed by atoms with Gasteiger partial charge in [0.25, 0.3) is 0 Å². The third kappa shape index (κ3) is 4.77. The Balaban J connectivity index is 1.90. The van der Waals surface area contributed by atoms with Gasteiger partial charge in [0.05, 0.1) is 5.02 Å². The number of nitrogens with one attached hydrogen (secondary N) is 1. The monoisotopic (exact) mass is 313 g/mol. The number of methoxy groups -OCH3 is 1. The van der Waals surface area contributed by atoms with E-state index in [0.717, 1.165) is 37.4 Å². The van der Waals surface area contributed by atoms with Crippen molar-refractivity contribution in [3.8, 4) is 11.5 Å². The zero-order valence-corrected chi connectivity index (χ0v) is 13.8. The predicted molar refractivity (Wildman–Crippen MR) is 84.4 cm³/mol. The molecular weight excluding hydrogens is 290 g/mol. The Labute approximate surface area is 131 Å². The molecule has 1 aliphatic heterocycles. The van der Waals surface area contributed by atoms with Gasteiger partial charge in [-0.25, -0.2) is 0 Å². The fourth-order valence-corrected chi connectivity index (χ4v) is 2.57. The standard InChI is InChI=1S/C16H24ClNO3/c1-16(2,4-5-19-3)11-18-10-12-8-13(17)15-14(9-12)20-6-7-21-15/h8-9,18H,4-7,10-11H2,1-3H3. The lowest BCUT2D eigenvalue weighted by Gasteiger charge is -2.25. The van der Waals surface area contributed by atoms with Crippen molar-refractivity contribution in [1.29, 1.82) is 0 Å². The normalized spacial score (nSPS) is 14.3. The molecule has 1 aliphatic rings. The van der Waals surface area contributed by atoms with Crippen LogP contribution in [-0.2, 0) is 11.3 Å². The van der Waals surface area contributed by atoms with Crippen molar-refractivity contribution in [3.63, 3.8) is 0 Å². The zero-order chi connectivity index (χ0) is 15.3. The zero-order valence-electron chi connectivity index (χ0n) is 13.0. The third-order valence-electron chi connectivity index (χ3n) is 3.57. The smallest absolute Gasteiger partial charge is 0.179 e. The molecule has 0 radical (unpaired) electrons. The van der Waals surface area contributed by atoms with Crippen LogP contribution in [0.25, 0.3) is 0 Å². The van der Waals surface area contributed by atoms with Crippen LogP contribution in [0.2, 0.25) is 5.02 Å². The van der Waals surface area contributed by atoms with Crippen molar-refractivity contribution in [1.82, 2.24) is 5.32 Å². The van der Waals surface area contributed by atoms with E-state index in [4.69, 9.17) is 25.8 Å². The van der Waals surface area contributed by atoms with E-state index >= 15 is 0 Å². The molecule has 118 valence electrons. The first kappa shape index (κ1) is 16.4. The van der Waals surface area contributed by atoms with Crippen molar-refractivity contribution >= 4 is 11.6 Å². The topological polar surface area (TPSA) is 39.7 Å². The second-order valence-corrected chi connectivity index (χ2v) is 6.52. The van der Waals surface area contributed by atoms with E-state index in [0.29, 0.717) is 24.0 Å². The van der Waals surface area contributed by atoms with E-state index < -0.39 is 0 Å². The summed E-state index contributed by atoms with van der Waals surface area (Å²) in [7, 11) is 1.74. The summed E-state index contributed by atoms with van der Waals surface area (Å²) < 4.78 is 16.3. The first-order valence-electron chi connectivity index (χ1n) is 7.29. The number of ether oxygens (including phenoxy) is 3. The van der Waals surface area contributed by atoms with Gasteiger partial charge in [0.2, 0.25) is 0 Å². The van der Waals surface area contributed by atoms with Crippen LogP contribution in [0.4, 0.5) is 0 Å². The van der Waals surface area contributed by atoms with Gasteiger partial charge in [-0.1, -0.05) is 25.4 Å². The number of benzene rings is 1. The Bertz CT molecular complexity index is 477. The van der Waals surface area contributed by atoms with E-state index in [2.05, 4.69) is 19.2 Å². The van der Waals surface area contributed by atoms with Crippen LogP contribution in [0.1, 0.15) is 25.8 Å². The van der Waals surface area contributed by atoms with Crippen LogP contribution >= 0.6 is 11.6 Å². The van der Waals surface area contributed by atoms with Crippen molar-refractivity contribution in [3.05, 3.63) is 22.7 Å². The first-order chi connectivity index (χ1) is 10.0. The van der Waals surface area contributed by atoms with E-state index in [1.807, 2.05) is 12.1 Å². The summed E-state index contributed by atoms with van der Waals surface area (Å²) in [6.45, 7) is 8.05. The van der Waals surface area contributed by atoms with Gasteiger partial charge in [0.15, 0.2) is 11.5 Å². The number of hydrogen-bond donors (Lipinski definition) is 1. The number of hydrogen-bond acceptors (Lipinski definition) is 4. The summed E-state index contributed by atoms with van der Waals surface area (Å²) in [4.78, 5) is 0. The molecule has 0 aromatic heterocycles. The van der Waals surface area contributed by atoms with Crippen LogP contribution in [0.5, 0.6) is 11.5 Å². The number of rotatable bonds is 7. The van der Waals surface area contributed by atoms with Gasteiger partial charge in [-0.2, -0.15) is 0 Å². The van der Waals surface area contributed by atoms with Crippen LogP contribution < -0.4 is 14.8 Å². The Morgan fingerprint density at radius 1 is 1.29 bits per heavy atom. The molecule has 0 saturated heterocycles. The minimum absolute atomic E-state index is 0.202. The molecule has 0 bridgehead atoms. The van der Waals surface area contributed by atoms with Crippen LogP contribution in [0, 0.1) is 5.41 Å². The maximum Gasteiger partial charge on any atom is 0.179 e. The van der Waals surface area contributed by atoms with E-state index in [-0.39, 0.29) is 5.41 Å². The van der Waals surface area contributed by atoms with Crippen molar-refractivity contribution in [2.45, 2.75) is 26.8 Å². The Kier molecular flexibility index (Phi) is 5.73. The number of fused-ring (bicyclic) bond motifs is 1. The van der Waals surface area contributed by atoms with Gasteiger partial charge in [-0.15, -0.1) is 0 Å². The molecule has 0 amide bonds. The molecule has 1 aromatic rings. The average Bonchev–Trinajstić information content (AvgIpc) is 2.45. The SMILES string of the molecule is COCCC(C)(C)CNCc1cc(Cl)c2c(c1)OCCO2. The van der Waals surface area contributed by atoms with Gasteiger partial charge in [-0.3, -0.25) is 0 Å². The summed E-state index contributed by atoms with van der Waals surface area (Å²) in [5, 5.41) is 4.09. The lowest BCUT2D eigenvalue weighted by molar-refractivity contribution is 0.150. The second kappa shape index (κ2) is 7.34. The molecule has 0 aliphatic carbocycles. The van der Waals surface area contributed by atoms with E-state index in [9.17, 15) is 0 Å². The molecule has 4 nitrogen and oxygen atoms in total. The molecule has 1 N–H and O–H groups in total. The Morgan fingerprint density at radius 3 is 2.81 bits per heavy atom. The summed E-state index contributed by atoms with van der Waals surface area (Å²) in [6.07, 6.45) is 1.03. The fraction of sp³-hybridized carbons (Fsp3) is 0.625. The second-order valence-electron chi connectivity index (χ2n) is 6.11. The quantitative estimate of drug-likeness (QED) is 0.838. The summed E-state index contributed by atoms with van der Waals surface area (Å²) in [6, 6.07) is 3.93. The predicted octanol–water partition coefficient (Wildman–Crippen LogP) is 3.26. The van der Waals surface area contributed by atoms with E-state index in [1.54, 1.807) is 7.11 Å². The molecule has 5 heteroatoms. The van der Waals surface area contributed by atoms with Crippen LogP contribution in [0.3, 0.4) is 0 Å². The van der Waals surface area contributed by atoms with Crippen LogP contribution in [0.15, 0.2) is 12.1 Å². The molecule has 0 unspecified atom stereocenters. The third-order valence-corrected chi connectivity index (χ3v) is 3.85. The van der Waals surface area contributed by atoms with Crippen molar-refractivity contribution in [2.24, 2.45) is 5.41 Å². The van der Waals surface area contributed by atoms with Crippen molar-refractivity contribution in [2.75, 3.05) is 33.5 Å². The average molecular weight is 314 g/mol. The van der Waals surface area contributed by atoms with Crippen LogP contribution in [-0.4, -0.2) is 33.5 Å². The van der Waals surface area contributed by atoms with Gasteiger partial charge in [0.1, 0.15) is 13.2 Å². The molecule has 2 rings (SSSR count). The summed E-state index contributed by atoms with van der Waals surface area (Å²) in [5.74, 6) is 1.40. The van der Waals surface area contributed by atoms with E-state index in [1.165, 1.54) is 0 Å². The highest BCUT2D eigenvalue weighted by molar-refractivity contribution is 6.32. The molecular formula is C16H24ClNO3. The van der Waals surface area contributed by atoms with Crippen molar-refractivity contribution < 1.29 is 14.2 Å². The molecule has 0 fully saturated rings. The maximum absolute atomic E-state index is 6.24. The maximum atomic E-state index is 6.24. The Morgan fingerprint density at radius 2 is 2.05 bits per heavy atom. The van der Waals surface area contributed by atoms with Gasteiger partial charge >= 0.3 is 0 Å². The van der Waals surface area contributed by atoms with Gasteiger partial charge in [-0.05, 0) is 29.5 Å². The molecule has 0 spiro atoms. The minimum atomic E-state index is 0.202. The summed E-state index contributed by atoms with van der Waals surface area (Å²) >= 11 is 6.24. The molecule has 1 aromatic carbocycles. The Hall–Kier alpha value is -0.970. The highest BCUT2D eigenvalue weighted by Gasteiger charge is 2.18. The first-order valence-corrected chi connectivity index (χ1v) is 7.67. The highest BCUT2D eigenvalue weighted by Crippen LogP contribution is 2.38. The number of halogens is 1. The minimum Gasteiger partial charge on any atom is -0.486 e. The lowest BCUT2D eigenvalue weighted by Crippen LogP contribution is -2.30. The van der Waals surface area contributed by atoms with Gasteiger partial charge in [0, 0.05) is 26.8 Å². The molecule has 1 heterocycles. The largest absolute Gasteiger partial charge is 0.486 e. The summed E-state index contributed by atoms with van der Waals surface area (Å²) in [5.41, 5.74) is 1.31. The molecule has 0 saturated carbocycles. The van der Waals surface area contributed by atoms with Gasteiger partial charge < -0.3 is 19.5 Å². The highest BCUT2D eigenvalue weighted by atomic mass is 35.5. The molecule has 0 atom stereocenters. The lowest BCUT2D eigenvalue weighted by atomic mass is 9.89.